The third-order valence-corrected chi connectivity index (χ3v) is 5.49. The molecule has 0 bridgehead atoms. The van der Waals surface area contributed by atoms with Crippen LogP contribution in [0.25, 0.3) is 11.1 Å². The molecule has 0 aliphatic carbocycles. The summed E-state index contributed by atoms with van der Waals surface area (Å²) in [6.45, 7) is 2.28. The molecule has 1 fully saturated rings. The summed E-state index contributed by atoms with van der Waals surface area (Å²) in [4.78, 5) is 2.27. The topological polar surface area (TPSA) is 61.4 Å². The van der Waals surface area contributed by atoms with Crippen molar-refractivity contribution in [3.05, 3.63) is 65.5 Å². The number of H-pyrrole nitrogens is 1. The fraction of sp³-hybridized carbons (Fsp3) is 0.318. The lowest BCUT2D eigenvalue weighted by Gasteiger charge is -2.33. The predicted molar refractivity (Wildman–Crippen MR) is 106 cm³/mol. The Morgan fingerprint density at radius 1 is 1.21 bits per heavy atom. The second-order valence-electron chi connectivity index (χ2n) is 7.39. The van der Waals surface area contributed by atoms with Gasteiger partial charge in [-0.2, -0.15) is 5.10 Å². The number of aromatic amines is 1. The third kappa shape index (κ3) is 4.10. The van der Waals surface area contributed by atoms with E-state index >= 15 is 0 Å². The summed E-state index contributed by atoms with van der Waals surface area (Å²) in [5, 5.41) is 17.4. The van der Waals surface area contributed by atoms with Gasteiger partial charge < -0.3 is 9.84 Å². The molecule has 1 saturated heterocycles. The number of aromatic hydroxyl groups is 1. The number of phenolic OH excluding ortho intramolecular Hbond substituents is 1. The molecule has 7 heteroatoms. The Balaban J connectivity index is 1.53. The lowest BCUT2D eigenvalue weighted by Crippen LogP contribution is -2.34. The van der Waals surface area contributed by atoms with Gasteiger partial charge in [-0.25, -0.2) is 8.78 Å². The summed E-state index contributed by atoms with van der Waals surface area (Å²) in [6, 6.07) is 8.92. The largest absolute Gasteiger partial charge is 0.507 e. The summed E-state index contributed by atoms with van der Waals surface area (Å²) in [5.74, 6) is -0.220. The number of nitrogens with one attached hydrogen (secondary N) is 1. The third-order valence-electron chi connectivity index (χ3n) is 5.49. The minimum Gasteiger partial charge on any atom is -0.507 e. The number of nitrogens with zero attached hydrogens (tertiary/aromatic N) is 2. The van der Waals surface area contributed by atoms with Crippen molar-refractivity contribution in [2.75, 3.05) is 20.2 Å². The van der Waals surface area contributed by atoms with Gasteiger partial charge >= 0.3 is 0 Å². The molecule has 1 aliphatic heterocycles. The van der Waals surface area contributed by atoms with Crippen LogP contribution in [0.1, 0.15) is 30.0 Å². The number of rotatable bonds is 5. The number of hydrogen-bond donors (Lipinski definition) is 2. The minimum atomic E-state index is -0.598. The lowest BCUT2D eigenvalue weighted by molar-refractivity contribution is 0.196. The number of likely N-dealkylation sites (tertiary alicyclic amines) is 1. The van der Waals surface area contributed by atoms with Crippen molar-refractivity contribution >= 4 is 0 Å². The molecule has 0 amide bonds. The number of piperidine rings is 1. The van der Waals surface area contributed by atoms with Crippen LogP contribution in [0, 0.1) is 11.6 Å². The molecule has 29 heavy (non-hydrogen) atoms. The van der Waals surface area contributed by atoms with E-state index in [2.05, 4.69) is 15.1 Å². The normalized spacial score (nSPS) is 17.4. The molecule has 152 valence electrons. The zero-order chi connectivity index (χ0) is 20.4. The average Bonchev–Trinajstić information content (AvgIpc) is 3.19. The van der Waals surface area contributed by atoms with E-state index in [1.165, 1.54) is 12.1 Å². The summed E-state index contributed by atoms with van der Waals surface area (Å²) < 4.78 is 32.7. The SMILES string of the molecule is COc1ccc(CN2CCCC(c3[nH]ncc3-c3ccc(F)cc3F)C2)c(O)c1. The fourth-order valence-electron chi connectivity index (χ4n) is 4.01. The van der Waals surface area contributed by atoms with Crippen molar-refractivity contribution in [3.63, 3.8) is 0 Å². The van der Waals surface area contributed by atoms with E-state index < -0.39 is 11.6 Å². The standard InChI is InChI=1S/C22H23F2N3O2/c1-29-17-6-4-14(21(28)10-17)12-27-8-2-3-15(13-27)22-19(11-25-26-22)18-7-5-16(23)9-20(18)24/h4-7,9-11,15,28H,2-3,8,12-13H2,1H3,(H,25,26). The maximum Gasteiger partial charge on any atom is 0.134 e. The first kappa shape index (κ1) is 19.4. The quantitative estimate of drug-likeness (QED) is 0.666. The minimum absolute atomic E-state index is 0.145. The highest BCUT2D eigenvalue weighted by atomic mass is 19.1. The van der Waals surface area contributed by atoms with Gasteiger partial charge in [0.1, 0.15) is 23.1 Å². The molecule has 1 unspecified atom stereocenters. The molecule has 4 rings (SSSR count). The maximum atomic E-state index is 14.3. The van der Waals surface area contributed by atoms with Gasteiger partial charge in [-0.15, -0.1) is 0 Å². The summed E-state index contributed by atoms with van der Waals surface area (Å²) in [7, 11) is 1.57. The summed E-state index contributed by atoms with van der Waals surface area (Å²) in [5.41, 5.74) is 2.71. The molecule has 0 saturated carbocycles. The molecule has 1 aromatic heterocycles. The second-order valence-corrected chi connectivity index (χ2v) is 7.39. The van der Waals surface area contributed by atoms with E-state index in [9.17, 15) is 13.9 Å². The molecule has 2 N–H and O–H groups in total. The van der Waals surface area contributed by atoms with Crippen LogP contribution < -0.4 is 4.74 Å². The highest BCUT2D eigenvalue weighted by Crippen LogP contribution is 2.35. The van der Waals surface area contributed by atoms with Crippen LogP contribution in [0.4, 0.5) is 8.78 Å². The number of benzene rings is 2. The van der Waals surface area contributed by atoms with Crippen LogP contribution in [0.5, 0.6) is 11.5 Å². The average molecular weight is 399 g/mol. The predicted octanol–water partition coefficient (Wildman–Crippen LogP) is 4.45. The van der Waals surface area contributed by atoms with Gasteiger partial charge in [0.05, 0.1) is 13.3 Å². The van der Waals surface area contributed by atoms with Crippen molar-refractivity contribution in [1.29, 1.82) is 0 Å². The van der Waals surface area contributed by atoms with E-state index in [4.69, 9.17) is 4.74 Å². The number of ether oxygens (including phenoxy) is 1. The van der Waals surface area contributed by atoms with Gasteiger partial charge in [-0.05, 0) is 37.6 Å². The number of halogens is 2. The van der Waals surface area contributed by atoms with Gasteiger partial charge in [0.25, 0.3) is 0 Å². The first-order chi connectivity index (χ1) is 14.0. The maximum absolute atomic E-state index is 14.3. The number of aromatic nitrogens is 2. The van der Waals surface area contributed by atoms with Gasteiger partial charge in [-0.1, -0.05) is 6.07 Å². The zero-order valence-electron chi connectivity index (χ0n) is 16.2. The van der Waals surface area contributed by atoms with Crippen molar-refractivity contribution in [2.45, 2.75) is 25.3 Å². The molecule has 2 heterocycles. The lowest BCUT2D eigenvalue weighted by atomic mass is 9.90. The van der Waals surface area contributed by atoms with Gasteiger partial charge in [0, 0.05) is 53.5 Å². The van der Waals surface area contributed by atoms with Crippen LogP contribution in [-0.2, 0) is 6.54 Å². The molecule has 0 spiro atoms. The highest BCUT2D eigenvalue weighted by Gasteiger charge is 2.26. The monoisotopic (exact) mass is 399 g/mol. The van der Waals surface area contributed by atoms with Gasteiger partial charge in [-0.3, -0.25) is 10.00 Å². The zero-order valence-corrected chi connectivity index (χ0v) is 16.2. The Morgan fingerprint density at radius 3 is 2.83 bits per heavy atom. The number of phenols is 1. The first-order valence-electron chi connectivity index (χ1n) is 9.62. The second kappa shape index (κ2) is 8.21. The fourth-order valence-corrected chi connectivity index (χ4v) is 4.01. The molecule has 1 atom stereocenters. The van der Waals surface area contributed by atoms with E-state index in [1.54, 1.807) is 19.4 Å². The Bertz CT molecular complexity index is 1010. The van der Waals surface area contributed by atoms with Crippen LogP contribution in [0.3, 0.4) is 0 Å². The number of methoxy groups -OCH3 is 1. The van der Waals surface area contributed by atoms with Crippen LogP contribution in [-0.4, -0.2) is 40.4 Å². The van der Waals surface area contributed by atoms with E-state index in [1.807, 2.05) is 12.1 Å². The van der Waals surface area contributed by atoms with Gasteiger partial charge in [0.2, 0.25) is 0 Å². The van der Waals surface area contributed by atoms with Crippen molar-refractivity contribution in [2.24, 2.45) is 0 Å². The van der Waals surface area contributed by atoms with E-state index in [-0.39, 0.29) is 11.7 Å². The first-order valence-corrected chi connectivity index (χ1v) is 9.62. The van der Waals surface area contributed by atoms with Crippen molar-refractivity contribution in [1.82, 2.24) is 15.1 Å². The molecule has 1 aliphatic rings. The van der Waals surface area contributed by atoms with Crippen molar-refractivity contribution in [3.8, 4) is 22.6 Å². The smallest absolute Gasteiger partial charge is 0.134 e. The molecular formula is C22H23F2N3O2. The summed E-state index contributed by atoms with van der Waals surface area (Å²) >= 11 is 0. The van der Waals surface area contributed by atoms with Gasteiger partial charge in [0.15, 0.2) is 0 Å². The van der Waals surface area contributed by atoms with E-state index in [0.29, 0.717) is 23.4 Å². The Labute approximate surface area is 167 Å². The Hall–Kier alpha value is -2.93. The number of hydrogen-bond acceptors (Lipinski definition) is 4. The highest BCUT2D eigenvalue weighted by molar-refractivity contribution is 5.66. The van der Waals surface area contributed by atoms with E-state index in [0.717, 1.165) is 43.3 Å². The van der Waals surface area contributed by atoms with Crippen LogP contribution >= 0.6 is 0 Å². The Morgan fingerprint density at radius 2 is 2.07 bits per heavy atom. The molecule has 5 nitrogen and oxygen atoms in total. The Kier molecular flexibility index (Phi) is 5.49. The molecular weight excluding hydrogens is 376 g/mol. The van der Waals surface area contributed by atoms with Crippen LogP contribution in [0.2, 0.25) is 0 Å². The molecule has 3 aromatic rings. The molecule has 0 radical (unpaired) electrons. The molecule has 2 aromatic carbocycles. The van der Waals surface area contributed by atoms with Crippen LogP contribution in [0.15, 0.2) is 42.6 Å². The van der Waals surface area contributed by atoms with Crippen molar-refractivity contribution < 1.29 is 18.6 Å². The summed E-state index contributed by atoms with van der Waals surface area (Å²) in [6.07, 6.45) is 3.52.